The third kappa shape index (κ3) is 4.83. The highest BCUT2D eigenvalue weighted by Gasteiger charge is 2.22. The van der Waals surface area contributed by atoms with Crippen LogP contribution in [0.3, 0.4) is 0 Å². The fourth-order valence-corrected chi connectivity index (χ4v) is 3.08. The van der Waals surface area contributed by atoms with Crippen molar-refractivity contribution in [3.63, 3.8) is 0 Å². The van der Waals surface area contributed by atoms with E-state index in [1.165, 1.54) is 24.0 Å². The van der Waals surface area contributed by atoms with Crippen LogP contribution in [0, 0.1) is 0 Å². The van der Waals surface area contributed by atoms with Gasteiger partial charge in [-0.3, -0.25) is 4.79 Å². The highest BCUT2D eigenvalue weighted by molar-refractivity contribution is 6.30. The fraction of sp³-hybridized carbons (Fsp3) is 0.273. The van der Waals surface area contributed by atoms with Crippen molar-refractivity contribution >= 4 is 29.3 Å². The summed E-state index contributed by atoms with van der Waals surface area (Å²) in [6, 6.07) is 16.2. The summed E-state index contributed by atoms with van der Waals surface area (Å²) in [6.07, 6.45) is 6.94. The molecular formula is C22H23ClN2O. The summed E-state index contributed by atoms with van der Waals surface area (Å²) in [6.45, 7) is 2.20. The van der Waals surface area contributed by atoms with Crippen LogP contribution in [-0.4, -0.2) is 11.6 Å². The lowest BCUT2D eigenvalue weighted by molar-refractivity contribution is -0.116. The van der Waals surface area contributed by atoms with Gasteiger partial charge in [-0.2, -0.15) is 5.10 Å². The first kappa shape index (κ1) is 18.4. The predicted octanol–water partition coefficient (Wildman–Crippen LogP) is 5.18. The van der Waals surface area contributed by atoms with Crippen LogP contribution in [0.15, 0.2) is 59.2 Å². The molecule has 0 atom stereocenters. The van der Waals surface area contributed by atoms with E-state index >= 15 is 0 Å². The number of amides is 1. The average Bonchev–Trinajstić information content (AvgIpc) is 3.00. The standard InChI is InChI=1S/C22H23ClN2O/c1-2-3-4-16-5-7-18(8-6-16)15-20-21(24-25-22(20)26)14-11-17-9-12-19(23)13-10-17/h5-10,12-13,15H,2-4,11,14H2,1H3,(H,25,26)/b20-15+. The van der Waals surface area contributed by atoms with E-state index < -0.39 is 0 Å². The summed E-state index contributed by atoms with van der Waals surface area (Å²) >= 11 is 5.92. The van der Waals surface area contributed by atoms with Crippen LogP contribution in [0.25, 0.3) is 6.08 Å². The minimum Gasteiger partial charge on any atom is -0.267 e. The van der Waals surface area contributed by atoms with Crippen LogP contribution in [0.4, 0.5) is 0 Å². The molecule has 0 aromatic heterocycles. The largest absolute Gasteiger partial charge is 0.273 e. The Morgan fingerprint density at radius 3 is 2.31 bits per heavy atom. The van der Waals surface area contributed by atoms with E-state index in [4.69, 9.17) is 11.6 Å². The van der Waals surface area contributed by atoms with Gasteiger partial charge in [-0.15, -0.1) is 0 Å². The molecule has 1 amide bonds. The van der Waals surface area contributed by atoms with Crippen LogP contribution >= 0.6 is 11.6 Å². The van der Waals surface area contributed by atoms with E-state index in [0.717, 1.165) is 29.1 Å². The predicted molar refractivity (Wildman–Crippen MR) is 108 cm³/mol. The molecule has 0 unspecified atom stereocenters. The van der Waals surface area contributed by atoms with Crippen LogP contribution < -0.4 is 5.43 Å². The van der Waals surface area contributed by atoms with Crippen LogP contribution in [0.1, 0.15) is 42.9 Å². The molecule has 0 saturated heterocycles. The number of hydrogen-bond donors (Lipinski definition) is 1. The number of hydrogen-bond acceptors (Lipinski definition) is 2. The van der Waals surface area contributed by atoms with Crippen molar-refractivity contribution < 1.29 is 4.79 Å². The van der Waals surface area contributed by atoms with E-state index in [1.807, 2.05) is 30.3 Å². The minimum atomic E-state index is -0.133. The molecule has 1 heterocycles. The molecule has 0 bridgehead atoms. The number of nitrogens with one attached hydrogen (secondary N) is 1. The van der Waals surface area contributed by atoms with Gasteiger partial charge in [-0.1, -0.05) is 61.3 Å². The summed E-state index contributed by atoms with van der Waals surface area (Å²) < 4.78 is 0. The van der Waals surface area contributed by atoms with E-state index in [2.05, 4.69) is 41.7 Å². The Hall–Kier alpha value is -2.39. The quantitative estimate of drug-likeness (QED) is 0.673. The molecule has 0 spiro atoms. The molecule has 134 valence electrons. The van der Waals surface area contributed by atoms with Gasteiger partial charge < -0.3 is 0 Å². The van der Waals surface area contributed by atoms with Gasteiger partial charge in [0.25, 0.3) is 5.91 Å². The minimum absolute atomic E-state index is 0.133. The Labute approximate surface area is 159 Å². The third-order valence-corrected chi connectivity index (χ3v) is 4.77. The van der Waals surface area contributed by atoms with Crippen molar-refractivity contribution in [2.75, 3.05) is 0 Å². The molecule has 2 aromatic carbocycles. The van der Waals surface area contributed by atoms with Gasteiger partial charge in [0.1, 0.15) is 0 Å². The number of hydrazone groups is 1. The van der Waals surface area contributed by atoms with Gasteiger partial charge in [0.15, 0.2) is 0 Å². The average molecular weight is 367 g/mol. The van der Waals surface area contributed by atoms with Crippen molar-refractivity contribution in [2.24, 2.45) is 5.10 Å². The molecule has 0 radical (unpaired) electrons. The zero-order chi connectivity index (χ0) is 18.4. The lowest BCUT2D eigenvalue weighted by Gasteiger charge is -2.04. The highest BCUT2D eigenvalue weighted by Crippen LogP contribution is 2.18. The summed E-state index contributed by atoms with van der Waals surface area (Å²) in [7, 11) is 0. The SMILES string of the molecule is CCCCc1ccc(/C=C2/C(=O)NN=C2CCc2ccc(Cl)cc2)cc1. The first-order valence-corrected chi connectivity index (χ1v) is 9.46. The number of halogens is 1. The van der Waals surface area contributed by atoms with Crippen LogP contribution in [-0.2, 0) is 17.6 Å². The van der Waals surface area contributed by atoms with E-state index in [0.29, 0.717) is 12.0 Å². The van der Waals surface area contributed by atoms with Crippen LogP contribution in [0.5, 0.6) is 0 Å². The zero-order valence-corrected chi connectivity index (χ0v) is 15.7. The number of unbranched alkanes of at least 4 members (excludes halogenated alkanes) is 1. The topological polar surface area (TPSA) is 41.5 Å². The van der Waals surface area contributed by atoms with Crippen molar-refractivity contribution in [3.8, 4) is 0 Å². The Kier molecular flexibility index (Phi) is 6.24. The Morgan fingerprint density at radius 2 is 1.62 bits per heavy atom. The monoisotopic (exact) mass is 366 g/mol. The Balaban J connectivity index is 1.68. The van der Waals surface area contributed by atoms with Crippen molar-refractivity contribution in [2.45, 2.75) is 39.0 Å². The lowest BCUT2D eigenvalue weighted by atomic mass is 9.99. The normalized spacial score (nSPS) is 15.2. The number of carbonyl (C=O) groups is 1. The first-order valence-electron chi connectivity index (χ1n) is 9.08. The van der Waals surface area contributed by atoms with Gasteiger partial charge >= 0.3 is 0 Å². The fourth-order valence-electron chi connectivity index (χ4n) is 2.95. The summed E-state index contributed by atoms with van der Waals surface area (Å²) in [5, 5.41) is 4.94. The molecule has 0 saturated carbocycles. The maximum absolute atomic E-state index is 12.1. The smallest absolute Gasteiger partial charge is 0.267 e. The molecule has 1 N–H and O–H groups in total. The molecule has 3 nitrogen and oxygen atoms in total. The molecule has 4 heteroatoms. The number of nitrogens with zero attached hydrogens (tertiary/aromatic N) is 1. The van der Waals surface area contributed by atoms with E-state index in [9.17, 15) is 4.79 Å². The summed E-state index contributed by atoms with van der Waals surface area (Å²) in [4.78, 5) is 12.1. The number of benzene rings is 2. The number of aryl methyl sites for hydroxylation is 2. The van der Waals surface area contributed by atoms with Gasteiger partial charge in [-0.25, -0.2) is 5.43 Å². The molecule has 1 aliphatic rings. The van der Waals surface area contributed by atoms with E-state index in [1.54, 1.807) is 0 Å². The van der Waals surface area contributed by atoms with Gasteiger partial charge in [0.05, 0.1) is 11.3 Å². The Morgan fingerprint density at radius 1 is 0.962 bits per heavy atom. The molecule has 26 heavy (non-hydrogen) atoms. The molecule has 0 fully saturated rings. The third-order valence-electron chi connectivity index (χ3n) is 4.52. The molecule has 2 aromatic rings. The van der Waals surface area contributed by atoms with Crippen molar-refractivity contribution in [1.82, 2.24) is 5.43 Å². The second-order valence-corrected chi connectivity index (χ2v) is 6.97. The van der Waals surface area contributed by atoms with Gasteiger partial charge in [-0.05, 0) is 60.6 Å². The first-order chi connectivity index (χ1) is 12.7. The molecule has 1 aliphatic heterocycles. The van der Waals surface area contributed by atoms with E-state index in [-0.39, 0.29) is 5.91 Å². The summed E-state index contributed by atoms with van der Waals surface area (Å²) in [5.41, 5.74) is 7.58. The lowest BCUT2D eigenvalue weighted by Crippen LogP contribution is -2.13. The number of carbonyl (C=O) groups excluding carboxylic acids is 1. The molecular weight excluding hydrogens is 344 g/mol. The van der Waals surface area contributed by atoms with Gasteiger partial charge in [0, 0.05) is 5.02 Å². The second-order valence-electron chi connectivity index (χ2n) is 6.53. The Bertz CT molecular complexity index is 820. The van der Waals surface area contributed by atoms with Crippen molar-refractivity contribution in [3.05, 3.63) is 75.8 Å². The molecule has 3 rings (SSSR count). The maximum atomic E-state index is 12.1. The zero-order valence-electron chi connectivity index (χ0n) is 15.0. The highest BCUT2D eigenvalue weighted by atomic mass is 35.5. The second kappa shape index (κ2) is 8.81. The van der Waals surface area contributed by atoms with Gasteiger partial charge in [0.2, 0.25) is 0 Å². The van der Waals surface area contributed by atoms with Crippen molar-refractivity contribution in [1.29, 1.82) is 0 Å². The maximum Gasteiger partial charge on any atom is 0.273 e. The number of rotatable bonds is 7. The summed E-state index contributed by atoms with van der Waals surface area (Å²) in [5.74, 6) is -0.133. The van der Waals surface area contributed by atoms with Crippen LogP contribution in [0.2, 0.25) is 5.02 Å². The molecule has 0 aliphatic carbocycles.